The Morgan fingerprint density at radius 3 is 2.48 bits per heavy atom. The Kier molecular flexibility index (Phi) is 5.75. The first-order chi connectivity index (χ1) is 12.9. The average Bonchev–Trinajstić information content (AvgIpc) is 2.63. The van der Waals surface area contributed by atoms with Gasteiger partial charge in [0.05, 0.1) is 18.6 Å². The SMILES string of the molecule is O=C(N[C@@H]1CCN(C(=O)Cc2cc(F)cc(F)c2)C[C@H]1O)c1ccncc1. The summed E-state index contributed by atoms with van der Waals surface area (Å²) in [6.45, 7) is 0.368. The summed E-state index contributed by atoms with van der Waals surface area (Å²) in [4.78, 5) is 29.8. The minimum absolute atomic E-state index is 0.0396. The molecule has 1 aliphatic rings. The van der Waals surface area contributed by atoms with Crippen LogP contribution in [0.15, 0.2) is 42.7 Å². The lowest BCUT2D eigenvalue weighted by molar-refractivity contribution is -0.134. The standard InChI is InChI=1S/C19H19F2N3O3/c20-14-7-12(8-15(21)10-14)9-18(26)24-6-3-16(17(25)11-24)23-19(27)13-1-4-22-5-2-13/h1-2,4-5,7-8,10,16-17,25H,3,6,9,11H2,(H,23,27)/t16-,17-/m1/s1. The predicted octanol–water partition coefficient (Wildman–Crippen LogP) is 1.29. The summed E-state index contributed by atoms with van der Waals surface area (Å²) >= 11 is 0. The van der Waals surface area contributed by atoms with Crippen LogP contribution in [-0.4, -0.2) is 52.0 Å². The van der Waals surface area contributed by atoms with Gasteiger partial charge in [-0.2, -0.15) is 0 Å². The molecular formula is C19H19F2N3O3. The smallest absolute Gasteiger partial charge is 0.251 e. The number of amides is 2. The quantitative estimate of drug-likeness (QED) is 0.844. The zero-order chi connectivity index (χ0) is 19.4. The number of nitrogens with zero attached hydrogens (tertiary/aromatic N) is 2. The molecule has 8 heteroatoms. The van der Waals surface area contributed by atoms with Crippen LogP contribution in [0.2, 0.25) is 0 Å². The van der Waals surface area contributed by atoms with Gasteiger partial charge in [-0.15, -0.1) is 0 Å². The maximum Gasteiger partial charge on any atom is 0.251 e. The maximum atomic E-state index is 13.2. The van der Waals surface area contributed by atoms with E-state index >= 15 is 0 Å². The Bertz CT molecular complexity index is 812. The van der Waals surface area contributed by atoms with E-state index in [0.29, 0.717) is 18.5 Å². The van der Waals surface area contributed by atoms with Crippen molar-refractivity contribution in [3.63, 3.8) is 0 Å². The highest BCUT2D eigenvalue weighted by Gasteiger charge is 2.31. The van der Waals surface area contributed by atoms with Crippen molar-refractivity contribution < 1.29 is 23.5 Å². The van der Waals surface area contributed by atoms with Crippen molar-refractivity contribution in [2.24, 2.45) is 0 Å². The van der Waals surface area contributed by atoms with Crippen molar-refractivity contribution >= 4 is 11.8 Å². The minimum Gasteiger partial charge on any atom is -0.389 e. The maximum absolute atomic E-state index is 13.2. The Hall–Kier alpha value is -2.87. The van der Waals surface area contributed by atoms with Crippen molar-refractivity contribution in [1.29, 1.82) is 0 Å². The van der Waals surface area contributed by atoms with Gasteiger partial charge in [-0.05, 0) is 36.2 Å². The number of hydrogen-bond acceptors (Lipinski definition) is 4. The summed E-state index contributed by atoms with van der Waals surface area (Å²) in [6, 6.07) is 5.62. The number of carbonyl (C=O) groups is 2. The van der Waals surface area contributed by atoms with E-state index in [1.807, 2.05) is 0 Å². The second kappa shape index (κ2) is 8.22. The fourth-order valence-corrected chi connectivity index (χ4v) is 3.08. The van der Waals surface area contributed by atoms with Crippen LogP contribution in [0.1, 0.15) is 22.3 Å². The summed E-state index contributed by atoms with van der Waals surface area (Å²) in [5.41, 5.74) is 0.670. The number of aliphatic hydroxyl groups is 1. The van der Waals surface area contributed by atoms with Crippen LogP contribution in [-0.2, 0) is 11.2 Å². The first-order valence-electron chi connectivity index (χ1n) is 8.54. The van der Waals surface area contributed by atoms with E-state index in [2.05, 4.69) is 10.3 Å². The Morgan fingerprint density at radius 1 is 1.19 bits per heavy atom. The van der Waals surface area contributed by atoms with Gasteiger partial charge in [0.2, 0.25) is 5.91 Å². The third-order valence-electron chi connectivity index (χ3n) is 4.47. The topological polar surface area (TPSA) is 82.5 Å². The molecule has 0 saturated carbocycles. The van der Waals surface area contributed by atoms with Crippen molar-refractivity contribution in [2.75, 3.05) is 13.1 Å². The van der Waals surface area contributed by atoms with Crippen molar-refractivity contribution in [2.45, 2.75) is 25.0 Å². The second-order valence-electron chi connectivity index (χ2n) is 6.47. The summed E-state index contributed by atoms with van der Waals surface area (Å²) in [5.74, 6) is -2.14. The van der Waals surface area contributed by atoms with Crippen LogP contribution in [0.5, 0.6) is 0 Å². The summed E-state index contributed by atoms with van der Waals surface area (Å²) < 4.78 is 26.5. The number of carbonyl (C=O) groups excluding carboxylic acids is 2. The molecule has 1 aromatic heterocycles. The molecule has 1 aromatic carbocycles. The molecule has 2 heterocycles. The summed E-state index contributed by atoms with van der Waals surface area (Å²) in [6.07, 6.45) is 2.29. The Morgan fingerprint density at radius 2 is 1.85 bits per heavy atom. The van der Waals surface area contributed by atoms with Crippen LogP contribution in [0.4, 0.5) is 8.78 Å². The van der Waals surface area contributed by atoms with Gasteiger partial charge in [0.25, 0.3) is 5.91 Å². The van der Waals surface area contributed by atoms with Crippen LogP contribution in [0.3, 0.4) is 0 Å². The van der Waals surface area contributed by atoms with Gasteiger partial charge < -0.3 is 15.3 Å². The van der Waals surface area contributed by atoms with E-state index in [9.17, 15) is 23.5 Å². The van der Waals surface area contributed by atoms with E-state index in [4.69, 9.17) is 0 Å². The van der Waals surface area contributed by atoms with Crippen LogP contribution < -0.4 is 5.32 Å². The van der Waals surface area contributed by atoms with E-state index in [1.165, 1.54) is 17.3 Å². The Balaban J connectivity index is 1.56. The first kappa shape index (κ1) is 18.9. The number of aromatic nitrogens is 1. The molecular weight excluding hydrogens is 356 g/mol. The molecule has 2 atom stereocenters. The molecule has 2 amide bonds. The number of β-amino-alcohol motifs (C(OH)–C–C–N with tert-alkyl or cyclic N) is 1. The molecule has 1 saturated heterocycles. The number of nitrogens with one attached hydrogen (secondary N) is 1. The van der Waals surface area contributed by atoms with Gasteiger partial charge in [0.15, 0.2) is 0 Å². The molecule has 0 unspecified atom stereocenters. The van der Waals surface area contributed by atoms with E-state index in [1.54, 1.807) is 12.1 Å². The number of piperidine rings is 1. The Labute approximate surface area is 154 Å². The van der Waals surface area contributed by atoms with E-state index in [0.717, 1.165) is 18.2 Å². The highest BCUT2D eigenvalue weighted by atomic mass is 19.1. The van der Waals surface area contributed by atoms with Gasteiger partial charge in [0, 0.05) is 37.1 Å². The van der Waals surface area contributed by atoms with Gasteiger partial charge in [0.1, 0.15) is 11.6 Å². The van der Waals surface area contributed by atoms with Gasteiger partial charge in [-0.3, -0.25) is 14.6 Å². The fourth-order valence-electron chi connectivity index (χ4n) is 3.08. The third-order valence-corrected chi connectivity index (χ3v) is 4.47. The first-order valence-corrected chi connectivity index (χ1v) is 8.54. The van der Waals surface area contributed by atoms with Gasteiger partial charge in [-0.1, -0.05) is 0 Å². The highest BCUT2D eigenvalue weighted by molar-refractivity contribution is 5.94. The van der Waals surface area contributed by atoms with E-state index < -0.39 is 23.8 Å². The molecule has 2 N–H and O–H groups in total. The minimum atomic E-state index is -0.933. The lowest BCUT2D eigenvalue weighted by Crippen LogP contribution is -2.55. The molecule has 0 aliphatic carbocycles. The molecule has 6 nitrogen and oxygen atoms in total. The lowest BCUT2D eigenvalue weighted by Gasteiger charge is -2.36. The number of benzene rings is 1. The van der Waals surface area contributed by atoms with Crippen molar-refractivity contribution in [1.82, 2.24) is 15.2 Å². The lowest BCUT2D eigenvalue weighted by atomic mass is 10.0. The molecule has 27 heavy (non-hydrogen) atoms. The van der Waals surface area contributed by atoms with E-state index in [-0.39, 0.29) is 30.3 Å². The monoisotopic (exact) mass is 375 g/mol. The number of rotatable bonds is 4. The largest absolute Gasteiger partial charge is 0.389 e. The fraction of sp³-hybridized carbons (Fsp3) is 0.316. The molecule has 0 radical (unpaired) electrons. The molecule has 142 valence electrons. The van der Waals surface area contributed by atoms with Crippen molar-refractivity contribution in [3.8, 4) is 0 Å². The molecule has 0 spiro atoms. The molecule has 1 aliphatic heterocycles. The number of hydrogen-bond donors (Lipinski definition) is 2. The van der Waals surface area contributed by atoms with Crippen molar-refractivity contribution in [3.05, 3.63) is 65.5 Å². The van der Waals surface area contributed by atoms with Gasteiger partial charge in [-0.25, -0.2) is 8.78 Å². The van der Waals surface area contributed by atoms with Crippen LogP contribution in [0, 0.1) is 11.6 Å². The summed E-state index contributed by atoms with van der Waals surface area (Å²) in [5, 5.41) is 13.1. The number of pyridine rings is 1. The number of halogens is 2. The summed E-state index contributed by atoms with van der Waals surface area (Å²) in [7, 11) is 0. The predicted molar refractivity (Wildman–Crippen MR) is 92.8 cm³/mol. The average molecular weight is 375 g/mol. The highest BCUT2D eigenvalue weighted by Crippen LogP contribution is 2.15. The number of aliphatic hydroxyl groups excluding tert-OH is 1. The zero-order valence-electron chi connectivity index (χ0n) is 14.4. The van der Waals surface area contributed by atoms with Gasteiger partial charge >= 0.3 is 0 Å². The van der Waals surface area contributed by atoms with Crippen LogP contribution in [0.25, 0.3) is 0 Å². The zero-order valence-corrected chi connectivity index (χ0v) is 14.4. The third kappa shape index (κ3) is 4.85. The second-order valence-corrected chi connectivity index (χ2v) is 6.47. The molecule has 0 bridgehead atoms. The normalized spacial score (nSPS) is 19.6. The van der Waals surface area contributed by atoms with Crippen LogP contribution >= 0.6 is 0 Å². The number of likely N-dealkylation sites (tertiary alicyclic amines) is 1. The molecule has 3 rings (SSSR count). The molecule has 1 fully saturated rings. The molecule has 2 aromatic rings.